The number of aryl methyl sites for hydroxylation is 1. The number of benzene rings is 1. The van der Waals surface area contributed by atoms with Crippen LogP contribution in [0.4, 0.5) is 15.8 Å². The van der Waals surface area contributed by atoms with Crippen LogP contribution in [-0.4, -0.2) is 30.4 Å². The average molecular weight is 372 g/mol. The number of rotatable bonds is 6. The molecule has 3 aromatic rings. The van der Waals surface area contributed by atoms with E-state index in [1.54, 1.807) is 24.4 Å². The van der Waals surface area contributed by atoms with Crippen LogP contribution in [0.25, 0.3) is 0 Å². The highest BCUT2D eigenvalue weighted by Crippen LogP contribution is 2.21. The maximum absolute atomic E-state index is 13.7. The highest BCUT2D eigenvalue weighted by Gasteiger charge is 2.22. The summed E-state index contributed by atoms with van der Waals surface area (Å²) in [5.74, 6) is -0.731. The first-order chi connectivity index (χ1) is 12.8. The second kappa shape index (κ2) is 7.36. The fraction of sp³-hybridized carbons (Fsp3) is 0.235. The largest absolute Gasteiger partial charge is 0.322 e. The number of aromatic nitrogens is 4. The van der Waals surface area contributed by atoms with E-state index < -0.39 is 10.8 Å². The van der Waals surface area contributed by atoms with E-state index in [4.69, 9.17) is 0 Å². The number of nitro groups is 1. The summed E-state index contributed by atoms with van der Waals surface area (Å²) in [6.07, 6.45) is 3.02. The summed E-state index contributed by atoms with van der Waals surface area (Å²) in [5.41, 5.74) is 1.38. The van der Waals surface area contributed by atoms with Crippen LogP contribution in [0.3, 0.4) is 0 Å². The van der Waals surface area contributed by atoms with Crippen molar-refractivity contribution in [3.05, 3.63) is 69.5 Å². The van der Waals surface area contributed by atoms with Crippen LogP contribution in [0, 0.1) is 29.8 Å². The average Bonchev–Trinajstić information content (AvgIpc) is 3.13. The van der Waals surface area contributed by atoms with Gasteiger partial charge in [-0.15, -0.1) is 0 Å². The lowest BCUT2D eigenvalue weighted by Gasteiger charge is -2.05. The van der Waals surface area contributed by atoms with Crippen LogP contribution < -0.4 is 5.32 Å². The molecular formula is C17H17FN6O3. The fourth-order valence-electron chi connectivity index (χ4n) is 2.76. The van der Waals surface area contributed by atoms with Gasteiger partial charge in [-0.05, 0) is 19.9 Å². The van der Waals surface area contributed by atoms with Gasteiger partial charge in [0.1, 0.15) is 23.7 Å². The van der Waals surface area contributed by atoms with Crippen molar-refractivity contribution in [1.82, 2.24) is 19.6 Å². The van der Waals surface area contributed by atoms with Gasteiger partial charge in [-0.25, -0.2) is 4.39 Å². The molecule has 0 radical (unpaired) electrons. The Kier molecular flexibility index (Phi) is 4.97. The minimum atomic E-state index is -0.515. The molecule has 0 bridgehead atoms. The van der Waals surface area contributed by atoms with E-state index in [2.05, 4.69) is 15.5 Å². The van der Waals surface area contributed by atoms with Crippen LogP contribution in [0.5, 0.6) is 0 Å². The lowest BCUT2D eigenvalue weighted by Crippen LogP contribution is -2.20. The van der Waals surface area contributed by atoms with Crippen molar-refractivity contribution in [2.45, 2.75) is 26.9 Å². The maximum Gasteiger partial charge on any atom is 0.312 e. The molecule has 10 heteroatoms. The van der Waals surface area contributed by atoms with E-state index >= 15 is 0 Å². The van der Waals surface area contributed by atoms with Gasteiger partial charge in [-0.1, -0.05) is 18.2 Å². The summed E-state index contributed by atoms with van der Waals surface area (Å²) in [4.78, 5) is 22.7. The predicted octanol–water partition coefficient (Wildman–Crippen LogP) is 2.43. The van der Waals surface area contributed by atoms with E-state index in [-0.39, 0.29) is 30.3 Å². The summed E-state index contributed by atoms with van der Waals surface area (Å²) in [5, 5.41) is 21.8. The maximum atomic E-state index is 13.7. The van der Waals surface area contributed by atoms with Gasteiger partial charge >= 0.3 is 5.69 Å². The van der Waals surface area contributed by atoms with Crippen molar-refractivity contribution in [2.24, 2.45) is 0 Å². The summed E-state index contributed by atoms with van der Waals surface area (Å²) >= 11 is 0. The van der Waals surface area contributed by atoms with Crippen LogP contribution in [-0.2, 0) is 17.9 Å². The molecule has 1 aromatic carbocycles. The molecule has 27 heavy (non-hydrogen) atoms. The Morgan fingerprint density at radius 3 is 2.74 bits per heavy atom. The molecule has 0 aliphatic rings. The molecule has 0 atom stereocenters. The molecule has 0 spiro atoms. The number of carbonyl (C=O) groups is 1. The number of hydrogen-bond acceptors (Lipinski definition) is 5. The number of hydrogen-bond donors (Lipinski definition) is 1. The number of anilines is 1. The molecule has 0 aliphatic heterocycles. The van der Waals surface area contributed by atoms with Crippen LogP contribution in [0.15, 0.2) is 36.7 Å². The minimum Gasteiger partial charge on any atom is -0.322 e. The first-order valence-electron chi connectivity index (χ1n) is 8.09. The summed E-state index contributed by atoms with van der Waals surface area (Å²) < 4.78 is 16.5. The van der Waals surface area contributed by atoms with Crippen molar-refractivity contribution < 1.29 is 14.1 Å². The lowest BCUT2D eigenvalue weighted by molar-refractivity contribution is -0.386. The summed E-state index contributed by atoms with van der Waals surface area (Å²) in [6, 6.07) is 6.37. The predicted molar refractivity (Wildman–Crippen MR) is 94.7 cm³/mol. The minimum absolute atomic E-state index is 0.0968. The first-order valence-corrected chi connectivity index (χ1v) is 8.09. The molecule has 0 saturated carbocycles. The third kappa shape index (κ3) is 4.00. The van der Waals surface area contributed by atoms with E-state index in [9.17, 15) is 19.3 Å². The van der Waals surface area contributed by atoms with Crippen molar-refractivity contribution in [3.8, 4) is 0 Å². The Labute approximate surface area is 153 Å². The zero-order valence-electron chi connectivity index (χ0n) is 14.7. The normalized spacial score (nSPS) is 10.8. The van der Waals surface area contributed by atoms with Crippen molar-refractivity contribution in [1.29, 1.82) is 0 Å². The SMILES string of the molecule is Cc1nn(CC(=O)Nc2cnn(Cc3ccccc3F)c2)c(C)c1[N+](=O)[O-]. The third-order valence-electron chi connectivity index (χ3n) is 4.03. The second-order valence-corrected chi connectivity index (χ2v) is 6.00. The molecule has 0 saturated heterocycles. The van der Waals surface area contributed by atoms with E-state index in [1.807, 2.05) is 0 Å². The zero-order valence-corrected chi connectivity index (χ0v) is 14.7. The third-order valence-corrected chi connectivity index (χ3v) is 4.03. The number of halogens is 1. The Balaban J connectivity index is 1.66. The molecule has 1 amide bonds. The second-order valence-electron chi connectivity index (χ2n) is 6.00. The number of amides is 1. The molecule has 2 heterocycles. The van der Waals surface area contributed by atoms with Crippen LogP contribution in [0.2, 0.25) is 0 Å². The molecule has 0 aliphatic carbocycles. The zero-order chi connectivity index (χ0) is 19.6. The number of carbonyl (C=O) groups excluding carboxylic acids is 1. The first kappa shape index (κ1) is 18.2. The van der Waals surface area contributed by atoms with Gasteiger partial charge < -0.3 is 5.32 Å². The monoisotopic (exact) mass is 372 g/mol. The highest BCUT2D eigenvalue weighted by molar-refractivity contribution is 5.90. The topological polar surface area (TPSA) is 108 Å². The van der Waals surface area contributed by atoms with Crippen molar-refractivity contribution in [2.75, 3.05) is 5.32 Å². The molecule has 0 fully saturated rings. The van der Waals surface area contributed by atoms with Gasteiger partial charge in [0, 0.05) is 11.8 Å². The lowest BCUT2D eigenvalue weighted by atomic mass is 10.2. The van der Waals surface area contributed by atoms with E-state index in [0.29, 0.717) is 16.9 Å². The Hall–Kier alpha value is -3.56. The molecule has 2 aromatic heterocycles. The number of nitrogens with zero attached hydrogens (tertiary/aromatic N) is 5. The molecule has 0 unspecified atom stereocenters. The van der Waals surface area contributed by atoms with Gasteiger partial charge in [0.2, 0.25) is 5.91 Å². The highest BCUT2D eigenvalue weighted by atomic mass is 19.1. The number of nitrogens with one attached hydrogen (secondary N) is 1. The Morgan fingerprint density at radius 1 is 1.33 bits per heavy atom. The van der Waals surface area contributed by atoms with Crippen LogP contribution in [0.1, 0.15) is 17.0 Å². The van der Waals surface area contributed by atoms with E-state index in [1.165, 1.54) is 35.5 Å². The smallest absolute Gasteiger partial charge is 0.312 e. The quantitative estimate of drug-likeness (QED) is 0.528. The van der Waals surface area contributed by atoms with Gasteiger partial charge in [-0.2, -0.15) is 10.2 Å². The summed E-state index contributed by atoms with van der Waals surface area (Å²) in [7, 11) is 0. The van der Waals surface area contributed by atoms with Gasteiger partial charge in [-0.3, -0.25) is 24.3 Å². The molecule has 3 rings (SSSR count). The van der Waals surface area contributed by atoms with Crippen LogP contribution >= 0.6 is 0 Å². The van der Waals surface area contributed by atoms with Gasteiger partial charge in [0.25, 0.3) is 0 Å². The van der Waals surface area contributed by atoms with Gasteiger partial charge in [0.05, 0.1) is 23.4 Å². The molecule has 140 valence electrons. The molecule has 1 N–H and O–H groups in total. The van der Waals surface area contributed by atoms with Crippen molar-refractivity contribution in [3.63, 3.8) is 0 Å². The summed E-state index contributed by atoms with van der Waals surface area (Å²) in [6.45, 7) is 3.12. The van der Waals surface area contributed by atoms with E-state index in [0.717, 1.165) is 0 Å². The molecular weight excluding hydrogens is 355 g/mol. The molecule has 9 nitrogen and oxygen atoms in total. The Bertz CT molecular complexity index is 1010. The van der Waals surface area contributed by atoms with Crippen molar-refractivity contribution >= 4 is 17.3 Å². The fourth-order valence-corrected chi connectivity index (χ4v) is 2.76. The Morgan fingerprint density at radius 2 is 2.07 bits per heavy atom. The van der Waals surface area contributed by atoms with Gasteiger partial charge in [0.15, 0.2) is 0 Å². The standard InChI is InChI=1S/C17H17FN6O3/c1-11-17(24(26)27)12(2)23(21-11)10-16(25)20-14-7-19-22(9-14)8-13-5-3-4-6-15(13)18/h3-7,9H,8,10H2,1-2H3,(H,20,25).